The van der Waals surface area contributed by atoms with E-state index in [4.69, 9.17) is 9.15 Å². The molecule has 90 valence electrons. The highest BCUT2D eigenvalue weighted by Gasteiger charge is 2.15. The first kappa shape index (κ1) is 11.9. The van der Waals surface area contributed by atoms with E-state index in [1.54, 1.807) is 25.5 Å². The maximum absolute atomic E-state index is 11.7. The first-order valence-corrected chi connectivity index (χ1v) is 6.07. The first-order chi connectivity index (χ1) is 8.31. The SMILES string of the molecule is COC(CNC(=O)c1cccs1)c1ccco1. The van der Waals surface area contributed by atoms with Crippen molar-refractivity contribution < 1.29 is 13.9 Å². The molecule has 0 aromatic carbocycles. The summed E-state index contributed by atoms with van der Waals surface area (Å²) in [7, 11) is 1.59. The van der Waals surface area contributed by atoms with E-state index in [1.165, 1.54) is 11.3 Å². The fraction of sp³-hybridized carbons (Fsp3) is 0.250. The van der Waals surface area contributed by atoms with E-state index in [0.717, 1.165) is 0 Å². The van der Waals surface area contributed by atoms with Gasteiger partial charge in [0.05, 0.1) is 17.7 Å². The number of rotatable bonds is 5. The normalized spacial score (nSPS) is 12.3. The van der Waals surface area contributed by atoms with Crippen molar-refractivity contribution in [3.05, 3.63) is 46.5 Å². The van der Waals surface area contributed by atoms with Crippen LogP contribution in [0, 0.1) is 0 Å². The predicted molar refractivity (Wildman–Crippen MR) is 65.1 cm³/mol. The monoisotopic (exact) mass is 251 g/mol. The number of methoxy groups -OCH3 is 1. The zero-order valence-electron chi connectivity index (χ0n) is 9.38. The Morgan fingerprint density at radius 1 is 1.53 bits per heavy atom. The quantitative estimate of drug-likeness (QED) is 0.888. The van der Waals surface area contributed by atoms with Crippen LogP contribution in [0.2, 0.25) is 0 Å². The van der Waals surface area contributed by atoms with Crippen molar-refractivity contribution in [3.8, 4) is 0 Å². The van der Waals surface area contributed by atoms with Gasteiger partial charge < -0.3 is 14.5 Å². The molecule has 2 heterocycles. The van der Waals surface area contributed by atoms with Gasteiger partial charge in [0, 0.05) is 7.11 Å². The van der Waals surface area contributed by atoms with Gasteiger partial charge in [0.15, 0.2) is 0 Å². The van der Waals surface area contributed by atoms with E-state index < -0.39 is 0 Å². The lowest BCUT2D eigenvalue weighted by atomic mass is 10.2. The van der Waals surface area contributed by atoms with Crippen LogP contribution in [0.1, 0.15) is 21.5 Å². The third-order valence-corrected chi connectivity index (χ3v) is 3.21. The van der Waals surface area contributed by atoms with Crippen LogP contribution < -0.4 is 5.32 Å². The van der Waals surface area contributed by atoms with Gasteiger partial charge in [0.25, 0.3) is 5.91 Å². The number of ether oxygens (including phenoxy) is 1. The largest absolute Gasteiger partial charge is 0.467 e. The van der Waals surface area contributed by atoms with Crippen molar-refractivity contribution >= 4 is 17.2 Å². The van der Waals surface area contributed by atoms with Gasteiger partial charge in [0.2, 0.25) is 0 Å². The van der Waals surface area contributed by atoms with Gasteiger partial charge in [-0.15, -0.1) is 11.3 Å². The van der Waals surface area contributed by atoms with Crippen LogP contribution in [0.4, 0.5) is 0 Å². The average Bonchev–Trinajstić information content (AvgIpc) is 3.02. The van der Waals surface area contributed by atoms with Gasteiger partial charge in [-0.3, -0.25) is 4.79 Å². The Labute approximate surface area is 103 Å². The summed E-state index contributed by atoms with van der Waals surface area (Å²) in [5, 5.41) is 4.68. The summed E-state index contributed by atoms with van der Waals surface area (Å²) in [5.41, 5.74) is 0. The zero-order valence-corrected chi connectivity index (χ0v) is 10.2. The van der Waals surface area contributed by atoms with Crippen LogP contribution in [0.3, 0.4) is 0 Å². The van der Waals surface area contributed by atoms with Crippen LogP contribution in [-0.2, 0) is 4.74 Å². The molecule has 0 fully saturated rings. The number of hydrogen-bond donors (Lipinski definition) is 1. The standard InChI is InChI=1S/C12H13NO3S/c1-15-10(9-4-2-6-16-9)8-13-12(14)11-5-3-7-17-11/h2-7,10H,8H2,1H3,(H,13,14). The fourth-order valence-electron chi connectivity index (χ4n) is 1.45. The molecule has 0 radical (unpaired) electrons. The Kier molecular flexibility index (Phi) is 3.95. The highest BCUT2D eigenvalue weighted by atomic mass is 32.1. The van der Waals surface area contributed by atoms with E-state index in [2.05, 4.69) is 5.32 Å². The first-order valence-electron chi connectivity index (χ1n) is 5.19. The van der Waals surface area contributed by atoms with Crippen molar-refractivity contribution in [2.24, 2.45) is 0 Å². The molecule has 0 saturated heterocycles. The van der Waals surface area contributed by atoms with Gasteiger partial charge in [0.1, 0.15) is 11.9 Å². The highest BCUT2D eigenvalue weighted by Crippen LogP contribution is 2.16. The molecule has 1 amide bonds. The van der Waals surface area contributed by atoms with E-state index in [-0.39, 0.29) is 12.0 Å². The molecule has 2 aromatic rings. The molecular weight excluding hydrogens is 238 g/mol. The molecule has 1 N–H and O–H groups in total. The maximum atomic E-state index is 11.7. The molecule has 1 atom stereocenters. The molecule has 4 nitrogen and oxygen atoms in total. The third kappa shape index (κ3) is 2.95. The second-order valence-electron chi connectivity index (χ2n) is 3.43. The van der Waals surface area contributed by atoms with Gasteiger partial charge >= 0.3 is 0 Å². The Hall–Kier alpha value is -1.59. The van der Waals surface area contributed by atoms with Crippen molar-refractivity contribution in [1.82, 2.24) is 5.32 Å². The van der Waals surface area contributed by atoms with E-state index in [9.17, 15) is 4.79 Å². The lowest BCUT2D eigenvalue weighted by Gasteiger charge is -2.13. The van der Waals surface area contributed by atoms with Crippen molar-refractivity contribution in [3.63, 3.8) is 0 Å². The number of amides is 1. The molecular formula is C12H13NO3S. The summed E-state index contributed by atoms with van der Waals surface area (Å²) in [4.78, 5) is 12.4. The number of carbonyl (C=O) groups is 1. The van der Waals surface area contributed by atoms with Crippen molar-refractivity contribution in [2.75, 3.05) is 13.7 Å². The van der Waals surface area contributed by atoms with Gasteiger partial charge in [-0.2, -0.15) is 0 Å². The minimum Gasteiger partial charge on any atom is -0.467 e. The summed E-state index contributed by atoms with van der Waals surface area (Å²) in [5.74, 6) is 0.618. The molecule has 2 aromatic heterocycles. The van der Waals surface area contributed by atoms with E-state index in [1.807, 2.05) is 17.5 Å². The summed E-state index contributed by atoms with van der Waals surface area (Å²) < 4.78 is 10.5. The topological polar surface area (TPSA) is 51.5 Å². The van der Waals surface area contributed by atoms with Crippen LogP contribution in [0.25, 0.3) is 0 Å². The molecule has 2 rings (SSSR count). The minimum absolute atomic E-state index is 0.0893. The minimum atomic E-state index is -0.256. The van der Waals surface area contributed by atoms with Gasteiger partial charge in [-0.05, 0) is 23.6 Å². The summed E-state index contributed by atoms with van der Waals surface area (Å²) in [6, 6.07) is 7.25. The van der Waals surface area contributed by atoms with E-state index >= 15 is 0 Å². The number of thiophene rings is 1. The Morgan fingerprint density at radius 2 is 2.41 bits per heavy atom. The molecule has 1 unspecified atom stereocenters. The molecule has 0 spiro atoms. The number of hydrogen-bond acceptors (Lipinski definition) is 4. The zero-order chi connectivity index (χ0) is 12.1. The fourth-order valence-corrected chi connectivity index (χ4v) is 2.09. The molecule has 0 saturated carbocycles. The third-order valence-electron chi connectivity index (χ3n) is 2.34. The highest BCUT2D eigenvalue weighted by molar-refractivity contribution is 7.12. The van der Waals surface area contributed by atoms with E-state index in [0.29, 0.717) is 17.2 Å². The summed E-state index contributed by atoms with van der Waals surface area (Å²) in [6.45, 7) is 0.390. The van der Waals surface area contributed by atoms with Crippen LogP contribution >= 0.6 is 11.3 Å². The molecule has 5 heteroatoms. The molecule has 0 aliphatic carbocycles. The average molecular weight is 251 g/mol. The molecule has 0 bridgehead atoms. The molecule has 0 aliphatic heterocycles. The van der Waals surface area contributed by atoms with Gasteiger partial charge in [-0.25, -0.2) is 0 Å². The number of nitrogens with one attached hydrogen (secondary N) is 1. The van der Waals surface area contributed by atoms with Crippen molar-refractivity contribution in [2.45, 2.75) is 6.10 Å². The second-order valence-corrected chi connectivity index (χ2v) is 4.37. The van der Waals surface area contributed by atoms with Crippen molar-refractivity contribution in [1.29, 1.82) is 0 Å². The smallest absolute Gasteiger partial charge is 0.261 e. The number of furan rings is 1. The Bertz CT molecular complexity index is 450. The summed E-state index contributed by atoms with van der Waals surface area (Å²) in [6.07, 6.45) is 1.33. The van der Waals surface area contributed by atoms with Crippen LogP contribution in [-0.4, -0.2) is 19.6 Å². The Balaban J connectivity index is 1.91. The van der Waals surface area contributed by atoms with Gasteiger partial charge in [-0.1, -0.05) is 6.07 Å². The Morgan fingerprint density at radius 3 is 3.00 bits per heavy atom. The second kappa shape index (κ2) is 5.65. The van der Waals surface area contributed by atoms with Crippen LogP contribution in [0.15, 0.2) is 40.3 Å². The lowest BCUT2D eigenvalue weighted by Crippen LogP contribution is -2.28. The summed E-state index contributed by atoms with van der Waals surface area (Å²) >= 11 is 1.41. The van der Waals surface area contributed by atoms with Crippen LogP contribution in [0.5, 0.6) is 0 Å². The predicted octanol–water partition coefficient (Wildman–Crippen LogP) is 2.46. The maximum Gasteiger partial charge on any atom is 0.261 e. The molecule has 0 aliphatic rings. The molecule has 17 heavy (non-hydrogen) atoms. The lowest BCUT2D eigenvalue weighted by molar-refractivity contribution is 0.0740. The number of carbonyl (C=O) groups excluding carboxylic acids is 1.